The summed E-state index contributed by atoms with van der Waals surface area (Å²) in [6, 6.07) is 9.27. The number of carbonyl (C=O) groups excluding carboxylic acids is 2. The number of halogens is 1. The maximum atomic E-state index is 12.7. The number of amides is 1. The number of hydrogen-bond acceptors (Lipinski definition) is 3. The summed E-state index contributed by atoms with van der Waals surface area (Å²) in [6.45, 7) is -0.0346. The van der Waals surface area contributed by atoms with Gasteiger partial charge in [0.15, 0.2) is 5.78 Å². The maximum absolute atomic E-state index is 12.7. The Hall–Kier alpha value is -2.27. The highest BCUT2D eigenvalue weighted by atomic mass is 32.1. The van der Waals surface area contributed by atoms with Crippen LogP contribution < -0.4 is 5.32 Å². The van der Waals surface area contributed by atoms with Crippen molar-refractivity contribution >= 4 is 29.1 Å². The van der Waals surface area contributed by atoms with Gasteiger partial charge in [0.2, 0.25) is 5.91 Å². The van der Waals surface area contributed by atoms with Gasteiger partial charge in [-0.25, -0.2) is 4.39 Å². The van der Waals surface area contributed by atoms with Gasteiger partial charge in [-0.1, -0.05) is 18.2 Å². The summed E-state index contributed by atoms with van der Waals surface area (Å²) in [5.41, 5.74) is 0.714. The zero-order valence-electron chi connectivity index (χ0n) is 10.5. The molecule has 1 aromatic heterocycles. The molecule has 0 spiro atoms. The van der Waals surface area contributed by atoms with Gasteiger partial charge in [-0.3, -0.25) is 9.59 Å². The van der Waals surface area contributed by atoms with Crippen molar-refractivity contribution in [2.75, 3.05) is 6.54 Å². The van der Waals surface area contributed by atoms with Gasteiger partial charge in [0, 0.05) is 6.08 Å². The van der Waals surface area contributed by atoms with Gasteiger partial charge < -0.3 is 5.32 Å². The Morgan fingerprint density at radius 2 is 1.95 bits per heavy atom. The number of ketones is 1. The van der Waals surface area contributed by atoms with E-state index < -0.39 is 0 Å². The van der Waals surface area contributed by atoms with E-state index >= 15 is 0 Å². The van der Waals surface area contributed by atoms with Crippen LogP contribution in [0.1, 0.15) is 15.2 Å². The van der Waals surface area contributed by atoms with Crippen molar-refractivity contribution in [1.29, 1.82) is 0 Å². The third-order valence-corrected chi connectivity index (χ3v) is 3.43. The number of benzene rings is 1. The second kappa shape index (κ2) is 6.77. The SMILES string of the molecule is O=C(/C=C/c1ccc(F)cc1)NCC(=O)c1cccs1. The van der Waals surface area contributed by atoms with E-state index in [9.17, 15) is 14.0 Å². The number of rotatable bonds is 5. The predicted molar refractivity (Wildman–Crippen MR) is 77.1 cm³/mol. The van der Waals surface area contributed by atoms with Crippen molar-refractivity contribution in [3.8, 4) is 0 Å². The minimum Gasteiger partial charge on any atom is -0.345 e. The van der Waals surface area contributed by atoms with Gasteiger partial charge in [-0.05, 0) is 35.2 Å². The molecular formula is C15H12FNO2S. The molecule has 102 valence electrons. The van der Waals surface area contributed by atoms with Crippen molar-refractivity contribution in [2.24, 2.45) is 0 Å². The molecule has 0 fully saturated rings. The predicted octanol–water partition coefficient (Wildman–Crippen LogP) is 2.90. The molecule has 2 aromatic rings. The Morgan fingerprint density at radius 1 is 1.20 bits per heavy atom. The molecule has 0 saturated carbocycles. The minimum absolute atomic E-state index is 0.0346. The molecule has 0 atom stereocenters. The summed E-state index contributed by atoms with van der Waals surface area (Å²) in [5, 5.41) is 4.32. The average Bonchev–Trinajstić information content (AvgIpc) is 2.98. The van der Waals surface area contributed by atoms with Crippen LogP contribution >= 0.6 is 11.3 Å². The van der Waals surface area contributed by atoms with E-state index in [-0.39, 0.29) is 24.1 Å². The first kappa shape index (κ1) is 14.1. The van der Waals surface area contributed by atoms with Crippen LogP contribution in [0.15, 0.2) is 47.9 Å². The van der Waals surface area contributed by atoms with Crippen LogP contribution in [0.3, 0.4) is 0 Å². The lowest BCUT2D eigenvalue weighted by Crippen LogP contribution is -2.27. The molecule has 0 saturated heterocycles. The molecule has 5 heteroatoms. The van der Waals surface area contributed by atoms with Crippen molar-refractivity contribution < 1.29 is 14.0 Å². The Bertz CT molecular complexity index is 618. The van der Waals surface area contributed by atoms with Gasteiger partial charge in [0.1, 0.15) is 5.82 Å². The molecule has 3 nitrogen and oxygen atoms in total. The van der Waals surface area contributed by atoms with Gasteiger partial charge in [-0.2, -0.15) is 0 Å². The average molecular weight is 289 g/mol. The monoisotopic (exact) mass is 289 g/mol. The van der Waals surface area contributed by atoms with E-state index in [0.717, 1.165) is 0 Å². The second-order valence-corrected chi connectivity index (χ2v) is 4.95. The summed E-state index contributed by atoms with van der Waals surface area (Å²) in [6.07, 6.45) is 2.87. The molecule has 1 heterocycles. The van der Waals surface area contributed by atoms with Crippen LogP contribution in [-0.4, -0.2) is 18.2 Å². The van der Waals surface area contributed by atoms with Crippen LogP contribution in [0.4, 0.5) is 4.39 Å². The largest absolute Gasteiger partial charge is 0.345 e. The zero-order chi connectivity index (χ0) is 14.4. The van der Waals surface area contributed by atoms with Gasteiger partial charge in [0.05, 0.1) is 11.4 Å². The van der Waals surface area contributed by atoms with Gasteiger partial charge in [0.25, 0.3) is 0 Å². The first-order chi connectivity index (χ1) is 9.65. The molecule has 1 aromatic carbocycles. The molecule has 0 radical (unpaired) electrons. The summed E-state index contributed by atoms with van der Waals surface area (Å²) < 4.78 is 12.7. The smallest absolute Gasteiger partial charge is 0.244 e. The van der Waals surface area contributed by atoms with E-state index in [2.05, 4.69) is 5.32 Å². The van der Waals surface area contributed by atoms with E-state index in [4.69, 9.17) is 0 Å². The minimum atomic E-state index is -0.362. The molecular weight excluding hydrogens is 277 g/mol. The fourth-order valence-electron chi connectivity index (χ4n) is 1.50. The number of hydrogen-bond donors (Lipinski definition) is 1. The summed E-state index contributed by atoms with van der Waals surface area (Å²) in [4.78, 5) is 23.8. The van der Waals surface area contributed by atoms with Crippen LogP contribution in [0.5, 0.6) is 0 Å². The quantitative estimate of drug-likeness (QED) is 0.679. The Balaban J connectivity index is 1.83. The van der Waals surface area contributed by atoms with Gasteiger partial charge >= 0.3 is 0 Å². The van der Waals surface area contributed by atoms with Crippen LogP contribution in [-0.2, 0) is 4.79 Å². The lowest BCUT2D eigenvalue weighted by molar-refractivity contribution is -0.116. The van der Waals surface area contributed by atoms with Crippen LogP contribution in [0.25, 0.3) is 6.08 Å². The zero-order valence-corrected chi connectivity index (χ0v) is 11.3. The number of carbonyl (C=O) groups is 2. The third kappa shape index (κ3) is 4.13. The molecule has 0 aliphatic heterocycles. The molecule has 0 bridgehead atoms. The fourth-order valence-corrected chi connectivity index (χ4v) is 2.16. The molecule has 1 N–H and O–H groups in total. The van der Waals surface area contributed by atoms with E-state index in [1.807, 2.05) is 5.38 Å². The van der Waals surface area contributed by atoms with Gasteiger partial charge in [-0.15, -0.1) is 11.3 Å². The summed E-state index contributed by atoms with van der Waals surface area (Å²) >= 11 is 1.34. The van der Waals surface area contributed by atoms with E-state index in [1.165, 1.54) is 29.5 Å². The van der Waals surface area contributed by atoms with Crippen molar-refractivity contribution in [2.45, 2.75) is 0 Å². The highest BCUT2D eigenvalue weighted by Crippen LogP contribution is 2.08. The van der Waals surface area contributed by atoms with E-state index in [1.54, 1.807) is 30.3 Å². The Labute approximate surface area is 119 Å². The maximum Gasteiger partial charge on any atom is 0.244 e. The highest BCUT2D eigenvalue weighted by Gasteiger charge is 2.07. The lowest BCUT2D eigenvalue weighted by atomic mass is 10.2. The van der Waals surface area contributed by atoms with Crippen molar-refractivity contribution in [3.63, 3.8) is 0 Å². The Kier molecular flexibility index (Phi) is 4.79. The second-order valence-electron chi connectivity index (χ2n) is 4.00. The first-order valence-corrected chi connectivity index (χ1v) is 6.81. The molecule has 20 heavy (non-hydrogen) atoms. The summed E-state index contributed by atoms with van der Waals surface area (Å²) in [5.74, 6) is -0.809. The molecule has 0 aliphatic carbocycles. The topological polar surface area (TPSA) is 46.2 Å². The third-order valence-electron chi connectivity index (χ3n) is 2.52. The normalized spacial score (nSPS) is 10.7. The van der Waals surface area contributed by atoms with Crippen molar-refractivity contribution in [3.05, 3.63) is 64.1 Å². The fraction of sp³-hybridized carbons (Fsp3) is 0.0667. The Morgan fingerprint density at radius 3 is 2.60 bits per heavy atom. The molecule has 1 amide bonds. The van der Waals surface area contributed by atoms with E-state index in [0.29, 0.717) is 10.4 Å². The highest BCUT2D eigenvalue weighted by molar-refractivity contribution is 7.12. The number of Topliss-reactive ketones (excluding diaryl/α,β-unsaturated/α-hetero) is 1. The van der Waals surface area contributed by atoms with Crippen LogP contribution in [0, 0.1) is 5.82 Å². The summed E-state index contributed by atoms with van der Waals surface area (Å²) in [7, 11) is 0. The molecule has 0 aliphatic rings. The number of nitrogens with one attached hydrogen (secondary N) is 1. The number of thiophene rings is 1. The van der Waals surface area contributed by atoms with Crippen LogP contribution in [0.2, 0.25) is 0 Å². The molecule has 0 unspecified atom stereocenters. The standard InChI is InChI=1S/C15H12FNO2S/c16-12-6-3-11(4-7-12)5-8-15(19)17-10-13(18)14-2-1-9-20-14/h1-9H,10H2,(H,17,19)/b8-5+. The first-order valence-electron chi connectivity index (χ1n) is 5.93. The lowest BCUT2D eigenvalue weighted by Gasteiger charge is -1.99. The molecule has 2 rings (SSSR count). The van der Waals surface area contributed by atoms with Crippen molar-refractivity contribution in [1.82, 2.24) is 5.32 Å².